The number of aliphatic hydroxyl groups excluding tert-OH is 1. The van der Waals surface area contributed by atoms with Crippen LogP contribution in [-0.4, -0.2) is 34.0 Å². The third kappa shape index (κ3) is 3.51. The van der Waals surface area contributed by atoms with Gasteiger partial charge in [0.15, 0.2) is 0 Å². The van der Waals surface area contributed by atoms with E-state index in [4.69, 9.17) is 5.11 Å². The molecule has 0 aliphatic heterocycles. The van der Waals surface area contributed by atoms with Crippen LogP contribution in [-0.2, 0) is 0 Å². The van der Waals surface area contributed by atoms with Gasteiger partial charge in [0, 0.05) is 18.7 Å². The van der Waals surface area contributed by atoms with Crippen LogP contribution in [0.5, 0.6) is 0 Å². The zero-order chi connectivity index (χ0) is 10.4. The molecule has 1 heterocycles. The Hall–Kier alpha value is -0.810. The molecule has 5 heteroatoms. The number of nitrogens with one attached hydrogen (secondary N) is 1. The van der Waals surface area contributed by atoms with Crippen molar-refractivity contribution in [1.29, 1.82) is 0 Å². The quantitative estimate of drug-likeness (QED) is 0.571. The molecule has 0 saturated carbocycles. The highest BCUT2D eigenvalue weighted by atomic mass is 32.2. The van der Waals surface area contributed by atoms with E-state index >= 15 is 0 Å². The Kier molecular flexibility index (Phi) is 4.69. The van der Waals surface area contributed by atoms with Crippen LogP contribution >= 0.6 is 11.8 Å². The van der Waals surface area contributed by atoms with Gasteiger partial charge in [0.25, 0.3) is 0 Å². The molecule has 0 aromatic carbocycles. The second-order valence-corrected chi connectivity index (χ2v) is 3.83. The van der Waals surface area contributed by atoms with Gasteiger partial charge in [0.2, 0.25) is 0 Å². The van der Waals surface area contributed by atoms with Crippen molar-refractivity contribution >= 4 is 17.6 Å². The Balaban J connectivity index is 2.57. The number of thioether (sulfide) groups is 1. The van der Waals surface area contributed by atoms with E-state index in [0.717, 1.165) is 17.3 Å². The summed E-state index contributed by atoms with van der Waals surface area (Å²) in [5.74, 6) is 0.810. The van der Waals surface area contributed by atoms with Crippen molar-refractivity contribution in [2.75, 3.05) is 18.2 Å². The summed E-state index contributed by atoms with van der Waals surface area (Å²) in [6, 6.07) is 2.13. The summed E-state index contributed by atoms with van der Waals surface area (Å²) in [5.41, 5.74) is 0. The van der Waals surface area contributed by atoms with Gasteiger partial charge in [0.05, 0.1) is 0 Å². The number of aliphatic hydroxyl groups is 1. The van der Waals surface area contributed by atoms with Crippen molar-refractivity contribution in [3.05, 3.63) is 12.4 Å². The zero-order valence-electron chi connectivity index (χ0n) is 8.40. The smallest absolute Gasteiger partial charge is 0.130 e. The molecule has 1 aromatic rings. The number of nitrogens with zero attached hydrogens (tertiary/aromatic N) is 2. The first kappa shape index (κ1) is 11.3. The van der Waals surface area contributed by atoms with Crippen molar-refractivity contribution in [2.45, 2.75) is 24.4 Å². The van der Waals surface area contributed by atoms with Gasteiger partial charge < -0.3 is 10.4 Å². The highest BCUT2D eigenvalue weighted by Crippen LogP contribution is 2.14. The van der Waals surface area contributed by atoms with E-state index < -0.39 is 0 Å². The van der Waals surface area contributed by atoms with Crippen LogP contribution in [0.4, 0.5) is 5.82 Å². The Morgan fingerprint density at radius 3 is 3.00 bits per heavy atom. The number of aromatic nitrogens is 2. The zero-order valence-corrected chi connectivity index (χ0v) is 9.21. The minimum absolute atomic E-state index is 0.189. The van der Waals surface area contributed by atoms with Crippen molar-refractivity contribution in [2.24, 2.45) is 0 Å². The molecular formula is C9H15N3OS. The Labute approximate surface area is 88.2 Å². The normalized spacial score (nSPS) is 12.5. The van der Waals surface area contributed by atoms with Crippen LogP contribution < -0.4 is 5.32 Å². The van der Waals surface area contributed by atoms with Crippen LogP contribution in [0.15, 0.2) is 17.4 Å². The molecule has 14 heavy (non-hydrogen) atoms. The monoisotopic (exact) mass is 213 g/mol. The van der Waals surface area contributed by atoms with E-state index in [1.54, 1.807) is 18.1 Å². The fourth-order valence-corrected chi connectivity index (χ4v) is 1.43. The van der Waals surface area contributed by atoms with Gasteiger partial charge in [-0.2, -0.15) is 0 Å². The largest absolute Gasteiger partial charge is 0.396 e. The van der Waals surface area contributed by atoms with E-state index in [1.807, 2.05) is 19.2 Å². The lowest BCUT2D eigenvalue weighted by Gasteiger charge is -2.12. The molecule has 0 aliphatic rings. The molecule has 78 valence electrons. The molecule has 4 nitrogen and oxygen atoms in total. The summed E-state index contributed by atoms with van der Waals surface area (Å²) in [6.07, 6.45) is 4.24. The average molecular weight is 213 g/mol. The summed E-state index contributed by atoms with van der Waals surface area (Å²) in [7, 11) is 0. The fourth-order valence-electron chi connectivity index (χ4n) is 1.05. The maximum Gasteiger partial charge on any atom is 0.130 e. The van der Waals surface area contributed by atoms with E-state index in [1.165, 1.54) is 0 Å². The summed E-state index contributed by atoms with van der Waals surface area (Å²) < 4.78 is 0. The SMILES string of the molecule is CSc1cc(NC(C)CCO)ncn1. The topological polar surface area (TPSA) is 58.0 Å². The van der Waals surface area contributed by atoms with Crippen LogP contribution in [0.25, 0.3) is 0 Å². The first-order chi connectivity index (χ1) is 6.76. The predicted molar refractivity (Wildman–Crippen MR) is 58.6 cm³/mol. The maximum absolute atomic E-state index is 8.74. The Morgan fingerprint density at radius 1 is 1.57 bits per heavy atom. The van der Waals surface area contributed by atoms with Gasteiger partial charge in [-0.05, 0) is 19.6 Å². The van der Waals surface area contributed by atoms with Crippen LogP contribution in [0, 0.1) is 0 Å². The second kappa shape index (κ2) is 5.82. The first-order valence-corrected chi connectivity index (χ1v) is 5.72. The Bertz CT molecular complexity index is 283. The molecule has 0 aliphatic carbocycles. The van der Waals surface area contributed by atoms with Gasteiger partial charge in [-0.1, -0.05) is 0 Å². The summed E-state index contributed by atoms with van der Waals surface area (Å²) in [5, 5.41) is 12.9. The number of hydrogen-bond acceptors (Lipinski definition) is 5. The van der Waals surface area contributed by atoms with Crippen molar-refractivity contribution < 1.29 is 5.11 Å². The lowest BCUT2D eigenvalue weighted by molar-refractivity contribution is 0.282. The van der Waals surface area contributed by atoms with Gasteiger partial charge >= 0.3 is 0 Å². The Morgan fingerprint density at radius 2 is 2.36 bits per heavy atom. The number of anilines is 1. The lowest BCUT2D eigenvalue weighted by Crippen LogP contribution is -2.17. The minimum Gasteiger partial charge on any atom is -0.396 e. The maximum atomic E-state index is 8.74. The van der Waals surface area contributed by atoms with Gasteiger partial charge in [0.1, 0.15) is 17.2 Å². The summed E-state index contributed by atoms with van der Waals surface area (Å²) in [4.78, 5) is 8.17. The van der Waals surface area contributed by atoms with Gasteiger partial charge in [-0.3, -0.25) is 0 Å². The first-order valence-electron chi connectivity index (χ1n) is 4.49. The average Bonchev–Trinajstić information content (AvgIpc) is 2.18. The molecule has 0 saturated heterocycles. The summed E-state index contributed by atoms with van der Waals surface area (Å²) >= 11 is 1.58. The van der Waals surface area contributed by atoms with Gasteiger partial charge in [-0.25, -0.2) is 9.97 Å². The third-order valence-electron chi connectivity index (χ3n) is 1.81. The van der Waals surface area contributed by atoms with Crippen LogP contribution in [0.1, 0.15) is 13.3 Å². The lowest BCUT2D eigenvalue weighted by atomic mass is 10.2. The van der Waals surface area contributed by atoms with Crippen LogP contribution in [0.2, 0.25) is 0 Å². The molecule has 0 spiro atoms. The molecule has 1 unspecified atom stereocenters. The van der Waals surface area contributed by atoms with Crippen molar-refractivity contribution in [1.82, 2.24) is 9.97 Å². The predicted octanol–water partition coefficient (Wildman–Crippen LogP) is 1.38. The molecule has 0 bridgehead atoms. The van der Waals surface area contributed by atoms with E-state index in [9.17, 15) is 0 Å². The highest BCUT2D eigenvalue weighted by Gasteiger charge is 2.02. The van der Waals surface area contributed by atoms with Crippen molar-refractivity contribution in [3.63, 3.8) is 0 Å². The van der Waals surface area contributed by atoms with E-state index in [2.05, 4.69) is 15.3 Å². The summed E-state index contributed by atoms with van der Waals surface area (Å²) in [6.45, 7) is 2.20. The molecular weight excluding hydrogens is 198 g/mol. The molecule has 1 rings (SSSR count). The molecule has 1 aromatic heterocycles. The van der Waals surface area contributed by atoms with E-state index in [-0.39, 0.29) is 12.6 Å². The highest BCUT2D eigenvalue weighted by molar-refractivity contribution is 7.98. The molecule has 0 radical (unpaired) electrons. The second-order valence-electron chi connectivity index (χ2n) is 3.00. The molecule has 1 atom stereocenters. The third-order valence-corrected chi connectivity index (χ3v) is 2.45. The molecule has 2 N–H and O–H groups in total. The number of hydrogen-bond donors (Lipinski definition) is 2. The van der Waals surface area contributed by atoms with Crippen molar-refractivity contribution in [3.8, 4) is 0 Å². The molecule has 0 fully saturated rings. The number of rotatable bonds is 5. The van der Waals surface area contributed by atoms with E-state index in [0.29, 0.717) is 0 Å². The minimum atomic E-state index is 0.189. The van der Waals surface area contributed by atoms with Gasteiger partial charge in [-0.15, -0.1) is 11.8 Å². The fraction of sp³-hybridized carbons (Fsp3) is 0.556. The molecule has 0 amide bonds. The standard InChI is InChI=1S/C9H15N3OS/c1-7(3-4-13)12-8-5-9(14-2)11-6-10-8/h5-7,13H,3-4H2,1-2H3,(H,10,11,12). The van der Waals surface area contributed by atoms with Crippen LogP contribution in [0.3, 0.4) is 0 Å².